The maximum Gasteiger partial charge on any atom is 0.253 e. The van der Waals surface area contributed by atoms with Crippen molar-refractivity contribution in [3.8, 4) is 0 Å². The highest BCUT2D eigenvalue weighted by Gasteiger charge is 2.31. The number of carbonyl (C=O) groups is 2. The fraction of sp³-hybridized carbons (Fsp3) is 0.579. The zero-order chi connectivity index (χ0) is 17.2. The Balaban J connectivity index is 1.43. The van der Waals surface area contributed by atoms with Crippen LogP contribution >= 0.6 is 0 Å². The van der Waals surface area contributed by atoms with Gasteiger partial charge in [-0.2, -0.15) is 0 Å². The van der Waals surface area contributed by atoms with Crippen molar-refractivity contribution in [2.24, 2.45) is 0 Å². The number of hydrogen-bond acceptors (Lipinski definition) is 4. The van der Waals surface area contributed by atoms with Crippen LogP contribution in [-0.2, 0) is 9.53 Å². The van der Waals surface area contributed by atoms with E-state index in [4.69, 9.17) is 4.74 Å². The molecule has 3 fully saturated rings. The Labute approximate surface area is 147 Å². The lowest BCUT2D eigenvalue weighted by atomic mass is 10.1. The smallest absolute Gasteiger partial charge is 0.253 e. The summed E-state index contributed by atoms with van der Waals surface area (Å²) in [5, 5.41) is 6.47. The van der Waals surface area contributed by atoms with Gasteiger partial charge in [0.25, 0.3) is 11.8 Å². The van der Waals surface area contributed by atoms with Gasteiger partial charge in [-0.05, 0) is 50.3 Å². The number of hydrogen-bond donors (Lipinski definition) is 2. The van der Waals surface area contributed by atoms with Gasteiger partial charge < -0.3 is 20.3 Å². The average molecular weight is 343 g/mol. The molecule has 2 N–H and O–H groups in total. The number of amides is 2. The third kappa shape index (κ3) is 3.70. The van der Waals surface area contributed by atoms with Gasteiger partial charge in [0.15, 0.2) is 0 Å². The molecule has 2 bridgehead atoms. The normalized spacial score (nSPS) is 28.6. The van der Waals surface area contributed by atoms with Crippen LogP contribution in [0, 0.1) is 0 Å². The van der Waals surface area contributed by atoms with E-state index in [0.29, 0.717) is 29.9 Å². The highest BCUT2D eigenvalue weighted by atomic mass is 16.5. The zero-order valence-electron chi connectivity index (χ0n) is 14.4. The topological polar surface area (TPSA) is 70.7 Å². The summed E-state index contributed by atoms with van der Waals surface area (Å²) in [4.78, 5) is 27.0. The molecule has 4 rings (SSSR count). The van der Waals surface area contributed by atoms with E-state index >= 15 is 0 Å². The van der Waals surface area contributed by atoms with Gasteiger partial charge in [0.05, 0.1) is 0 Å². The second-order valence-corrected chi connectivity index (χ2v) is 7.25. The van der Waals surface area contributed by atoms with Crippen molar-refractivity contribution in [1.29, 1.82) is 0 Å². The fourth-order valence-corrected chi connectivity index (χ4v) is 4.05. The van der Waals surface area contributed by atoms with E-state index < -0.39 is 0 Å². The van der Waals surface area contributed by atoms with Gasteiger partial charge in [-0.3, -0.25) is 9.59 Å². The minimum Gasteiger partial charge on any atom is -0.368 e. The van der Waals surface area contributed by atoms with Crippen LogP contribution in [0.1, 0.15) is 42.5 Å². The summed E-state index contributed by atoms with van der Waals surface area (Å²) in [5.74, 6) is -0.0825. The summed E-state index contributed by atoms with van der Waals surface area (Å²) in [5.41, 5.74) is 1.28. The molecule has 1 aromatic rings. The van der Waals surface area contributed by atoms with Crippen LogP contribution in [0.3, 0.4) is 0 Å². The molecule has 3 unspecified atom stereocenters. The van der Waals surface area contributed by atoms with Crippen molar-refractivity contribution in [3.63, 3.8) is 0 Å². The Morgan fingerprint density at radius 3 is 2.88 bits per heavy atom. The van der Waals surface area contributed by atoms with Crippen molar-refractivity contribution in [3.05, 3.63) is 29.8 Å². The van der Waals surface area contributed by atoms with E-state index in [9.17, 15) is 9.59 Å². The van der Waals surface area contributed by atoms with Crippen LogP contribution in [-0.4, -0.2) is 54.6 Å². The second-order valence-electron chi connectivity index (χ2n) is 7.25. The Kier molecular flexibility index (Phi) is 4.72. The molecule has 6 heteroatoms. The molecule has 0 radical (unpaired) electrons. The van der Waals surface area contributed by atoms with E-state index in [1.165, 1.54) is 6.42 Å². The summed E-state index contributed by atoms with van der Waals surface area (Å²) >= 11 is 0. The molecule has 0 saturated carbocycles. The molecule has 25 heavy (non-hydrogen) atoms. The summed E-state index contributed by atoms with van der Waals surface area (Å²) in [6.45, 7) is 2.20. The van der Waals surface area contributed by atoms with Gasteiger partial charge >= 0.3 is 0 Å². The van der Waals surface area contributed by atoms with Crippen molar-refractivity contribution in [2.45, 2.75) is 50.3 Å². The number of ether oxygens (including phenoxy) is 1. The third-order valence-electron chi connectivity index (χ3n) is 5.41. The zero-order valence-corrected chi connectivity index (χ0v) is 14.4. The minimum atomic E-state index is -0.369. The number of carbonyl (C=O) groups excluding carboxylic acids is 2. The monoisotopic (exact) mass is 343 g/mol. The summed E-state index contributed by atoms with van der Waals surface area (Å²) in [7, 11) is 0. The van der Waals surface area contributed by atoms with E-state index in [2.05, 4.69) is 10.6 Å². The van der Waals surface area contributed by atoms with Crippen LogP contribution in [0.4, 0.5) is 5.69 Å². The standard InChI is InChI=1S/C19H25N3O3/c23-18(17-5-2-10-25-17)21-15-4-1-3-13(11-15)19(24)22-9-8-14-6-7-16(12-22)20-14/h1,3-4,11,14,16-17,20H,2,5-10,12H2,(H,21,23). The molecular formula is C19H25N3O3. The van der Waals surface area contributed by atoms with E-state index in [1.807, 2.05) is 23.1 Å². The summed E-state index contributed by atoms with van der Waals surface area (Å²) in [6.07, 6.45) is 4.68. The third-order valence-corrected chi connectivity index (χ3v) is 5.41. The highest BCUT2D eigenvalue weighted by Crippen LogP contribution is 2.22. The Bertz CT molecular complexity index is 657. The number of nitrogens with one attached hydrogen (secondary N) is 2. The molecular weight excluding hydrogens is 318 g/mol. The van der Waals surface area contributed by atoms with Gasteiger partial charge in [0.2, 0.25) is 0 Å². The molecule has 3 aliphatic rings. The van der Waals surface area contributed by atoms with Crippen molar-refractivity contribution in [2.75, 3.05) is 25.0 Å². The van der Waals surface area contributed by atoms with Gasteiger partial charge in [-0.1, -0.05) is 6.07 Å². The largest absolute Gasteiger partial charge is 0.368 e. The molecule has 134 valence electrons. The van der Waals surface area contributed by atoms with E-state index in [0.717, 1.165) is 38.8 Å². The lowest BCUT2D eigenvalue weighted by Crippen LogP contribution is -2.39. The quantitative estimate of drug-likeness (QED) is 0.877. The summed E-state index contributed by atoms with van der Waals surface area (Å²) < 4.78 is 5.41. The van der Waals surface area contributed by atoms with Crippen LogP contribution in [0.2, 0.25) is 0 Å². The Morgan fingerprint density at radius 2 is 2.04 bits per heavy atom. The molecule has 0 spiro atoms. The van der Waals surface area contributed by atoms with Crippen molar-refractivity contribution >= 4 is 17.5 Å². The van der Waals surface area contributed by atoms with Gasteiger partial charge in [-0.25, -0.2) is 0 Å². The predicted octanol–water partition coefficient (Wildman–Crippen LogP) is 1.77. The maximum atomic E-state index is 12.9. The van der Waals surface area contributed by atoms with Crippen LogP contribution in [0.5, 0.6) is 0 Å². The van der Waals surface area contributed by atoms with Crippen molar-refractivity contribution in [1.82, 2.24) is 10.2 Å². The lowest BCUT2D eigenvalue weighted by molar-refractivity contribution is -0.124. The molecule has 3 saturated heterocycles. The molecule has 1 aromatic carbocycles. The number of likely N-dealkylation sites (tertiary alicyclic amines) is 1. The van der Waals surface area contributed by atoms with E-state index in [-0.39, 0.29) is 17.9 Å². The first kappa shape index (κ1) is 16.5. The summed E-state index contributed by atoms with van der Waals surface area (Å²) in [6, 6.07) is 8.20. The van der Waals surface area contributed by atoms with Gasteiger partial charge in [0.1, 0.15) is 6.10 Å². The molecule has 3 aliphatic heterocycles. The molecule has 2 amide bonds. The van der Waals surface area contributed by atoms with Crippen LogP contribution < -0.4 is 10.6 Å². The molecule has 6 nitrogen and oxygen atoms in total. The first-order chi connectivity index (χ1) is 12.2. The molecule has 0 aliphatic carbocycles. The first-order valence-electron chi connectivity index (χ1n) is 9.27. The Hall–Kier alpha value is -1.92. The number of fused-ring (bicyclic) bond motifs is 2. The number of rotatable bonds is 3. The molecule has 3 atom stereocenters. The maximum absolute atomic E-state index is 12.9. The number of anilines is 1. The fourth-order valence-electron chi connectivity index (χ4n) is 4.05. The predicted molar refractivity (Wildman–Crippen MR) is 94.5 cm³/mol. The van der Waals surface area contributed by atoms with Crippen LogP contribution in [0.15, 0.2) is 24.3 Å². The van der Waals surface area contributed by atoms with Crippen LogP contribution in [0.25, 0.3) is 0 Å². The second kappa shape index (κ2) is 7.14. The lowest BCUT2D eigenvalue weighted by Gasteiger charge is -2.24. The number of nitrogens with zero attached hydrogens (tertiary/aromatic N) is 1. The van der Waals surface area contributed by atoms with Gasteiger partial charge in [0, 0.05) is 43.0 Å². The van der Waals surface area contributed by atoms with Crippen molar-refractivity contribution < 1.29 is 14.3 Å². The average Bonchev–Trinajstić information content (AvgIpc) is 3.24. The highest BCUT2D eigenvalue weighted by molar-refractivity contribution is 5.98. The SMILES string of the molecule is O=C(Nc1cccc(C(=O)N2CCC3CCC(C2)N3)c1)C1CCCO1. The molecule has 3 heterocycles. The van der Waals surface area contributed by atoms with E-state index in [1.54, 1.807) is 6.07 Å². The minimum absolute atomic E-state index is 0.0440. The first-order valence-corrected chi connectivity index (χ1v) is 9.27. The number of benzene rings is 1. The van der Waals surface area contributed by atoms with Gasteiger partial charge in [-0.15, -0.1) is 0 Å². The Morgan fingerprint density at radius 1 is 1.16 bits per heavy atom. The molecule has 0 aromatic heterocycles.